The van der Waals surface area contributed by atoms with Crippen LogP contribution < -0.4 is 16.2 Å². The van der Waals surface area contributed by atoms with Crippen molar-refractivity contribution in [2.75, 3.05) is 38.0 Å². The number of benzene rings is 1. The molecular weight excluding hydrogens is 334 g/mol. The van der Waals surface area contributed by atoms with E-state index in [1.165, 1.54) is 24.3 Å². The highest BCUT2D eigenvalue weighted by Gasteiger charge is 2.20. The Morgan fingerprint density at radius 2 is 1.75 bits per heavy atom. The van der Waals surface area contributed by atoms with E-state index in [-0.39, 0.29) is 23.4 Å². The molecule has 0 aromatic heterocycles. The van der Waals surface area contributed by atoms with E-state index in [9.17, 15) is 18.0 Å². The van der Waals surface area contributed by atoms with Gasteiger partial charge in [-0.15, -0.1) is 0 Å². The zero-order valence-corrected chi connectivity index (χ0v) is 14.0. The van der Waals surface area contributed by atoms with Crippen molar-refractivity contribution in [3.8, 4) is 0 Å². The molecule has 1 aromatic rings. The molecular formula is C14H21N5O4S. The first-order valence-electron chi connectivity index (χ1n) is 7.45. The molecule has 3 amide bonds. The summed E-state index contributed by atoms with van der Waals surface area (Å²) in [7, 11) is -3.76. The van der Waals surface area contributed by atoms with Gasteiger partial charge in [0.15, 0.2) is 0 Å². The molecule has 24 heavy (non-hydrogen) atoms. The molecule has 0 spiro atoms. The molecule has 1 heterocycles. The van der Waals surface area contributed by atoms with Crippen LogP contribution in [0.25, 0.3) is 0 Å². The quantitative estimate of drug-likeness (QED) is 0.659. The Balaban J connectivity index is 1.93. The molecule has 1 fully saturated rings. The number of carbonyl (C=O) groups is 2. The van der Waals surface area contributed by atoms with E-state index in [0.717, 1.165) is 6.42 Å². The Kier molecular flexibility index (Phi) is 5.75. The summed E-state index contributed by atoms with van der Waals surface area (Å²) < 4.78 is 22.4. The molecule has 1 aliphatic rings. The number of primary amides is 1. The summed E-state index contributed by atoms with van der Waals surface area (Å²) in [6, 6.07) is 5.35. The summed E-state index contributed by atoms with van der Waals surface area (Å²) in [4.78, 5) is 26.8. The number of nitrogens with zero attached hydrogens (tertiary/aromatic N) is 2. The lowest BCUT2D eigenvalue weighted by Gasteiger charge is -2.21. The van der Waals surface area contributed by atoms with Gasteiger partial charge in [-0.1, -0.05) is 0 Å². The van der Waals surface area contributed by atoms with Crippen molar-refractivity contribution in [3.05, 3.63) is 24.3 Å². The van der Waals surface area contributed by atoms with Crippen LogP contribution in [0.15, 0.2) is 29.2 Å². The smallest absolute Gasteiger partial charge is 0.321 e. The van der Waals surface area contributed by atoms with Gasteiger partial charge in [-0.05, 0) is 30.7 Å². The number of urea groups is 1. The average Bonchev–Trinajstić information content (AvgIpc) is 2.72. The lowest BCUT2D eigenvalue weighted by Crippen LogP contribution is -2.39. The maximum absolute atomic E-state index is 12.3. The zero-order valence-electron chi connectivity index (χ0n) is 13.1. The number of primary sulfonamides is 1. The normalized spacial score (nSPS) is 16.5. The van der Waals surface area contributed by atoms with Crippen LogP contribution in [0.1, 0.15) is 6.42 Å². The minimum atomic E-state index is -3.76. The molecule has 1 saturated heterocycles. The second kappa shape index (κ2) is 7.60. The standard InChI is InChI=1S/C14H21N5O4S/c15-13(20)10-18-6-1-7-19(9-8-18)14(21)17-11-2-4-12(5-3-11)24(16,22)23/h2-5H,1,6-10H2,(H2,15,20)(H,17,21)(H2,16,22,23). The molecule has 10 heteroatoms. The largest absolute Gasteiger partial charge is 0.369 e. The van der Waals surface area contributed by atoms with E-state index in [4.69, 9.17) is 10.9 Å². The van der Waals surface area contributed by atoms with E-state index in [2.05, 4.69) is 5.32 Å². The predicted octanol–water partition coefficient (Wildman–Crippen LogP) is -0.641. The Labute approximate surface area is 140 Å². The van der Waals surface area contributed by atoms with Crippen LogP contribution in [-0.4, -0.2) is 62.9 Å². The molecule has 0 atom stereocenters. The van der Waals surface area contributed by atoms with E-state index >= 15 is 0 Å². The Bertz CT molecular complexity index is 704. The van der Waals surface area contributed by atoms with Crippen molar-refractivity contribution < 1.29 is 18.0 Å². The Morgan fingerprint density at radius 3 is 2.33 bits per heavy atom. The van der Waals surface area contributed by atoms with Gasteiger partial charge in [0.25, 0.3) is 0 Å². The second-order valence-corrected chi connectivity index (χ2v) is 7.14. The summed E-state index contributed by atoms with van der Waals surface area (Å²) in [6.45, 7) is 2.51. The molecule has 0 unspecified atom stereocenters. The number of rotatable bonds is 4. The first-order valence-corrected chi connectivity index (χ1v) is 9.00. The van der Waals surface area contributed by atoms with Crippen molar-refractivity contribution in [2.24, 2.45) is 10.9 Å². The van der Waals surface area contributed by atoms with E-state index in [0.29, 0.717) is 31.9 Å². The third-order valence-electron chi connectivity index (χ3n) is 3.69. The number of anilines is 1. The lowest BCUT2D eigenvalue weighted by molar-refractivity contribution is -0.119. The van der Waals surface area contributed by atoms with Gasteiger partial charge in [-0.3, -0.25) is 9.69 Å². The predicted molar refractivity (Wildman–Crippen MR) is 88.7 cm³/mol. The maximum Gasteiger partial charge on any atom is 0.321 e. The average molecular weight is 355 g/mol. The van der Waals surface area contributed by atoms with Gasteiger partial charge in [0.2, 0.25) is 15.9 Å². The fourth-order valence-corrected chi connectivity index (χ4v) is 3.00. The zero-order chi connectivity index (χ0) is 17.7. The van der Waals surface area contributed by atoms with Crippen molar-refractivity contribution in [2.45, 2.75) is 11.3 Å². The molecule has 1 aromatic carbocycles. The lowest BCUT2D eigenvalue weighted by atomic mass is 10.3. The van der Waals surface area contributed by atoms with Crippen molar-refractivity contribution in [1.82, 2.24) is 9.80 Å². The van der Waals surface area contributed by atoms with Crippen molar-refractivity contribution >= 4 is 27.6 Å². The third kappa shape index (κ3) is 5.18. The monoisotopic (exact) mass is 355 g/mol. The third-order valence-corrected chi connectivity index (χ3v) is 4.62. The Morgan fingerprint density at radius 1 is 1.08 bits per heavy atom. The van der Waals surface area contributed by atoms with Crippen molar-refractivity contribution in [3.63, 3.8) is 0 Å². The van der Waals surface area contributed by atoms with Crippen LogP contribution >= 0.6 is 0 Å². The summed E-state index contributed by atoms with van der Waals surface area (Å²) in [5.41, 5.74) is 5.67. The van der Waals surface area contributed by atoms with E-state index in [1.54, 1.807) is 4.90 Å². The number of hydrogen-bond donors (Lipinski definition) is 3. The van der Waals surface area contributed by atoms with Crippen LogP contribution in [0.2, 0.25) is 0 Å². The molecule has 0 aliphatic carbocycles. The fourth-order valence-electron chi connectivity index (χ4n) is 2.48. The van der Waals surface area contributed by atoms with Gasteiger partial charge in [0, 0.05) is 31.9 Å². The minimum absolute atomic E-state index is 0.0163. The SMILES string of the molecule is NC(=O)CN1CCCN(C(=O)Nc2ccc(S(N)(=O)=O)cc2)CC1. The molecule has 0 radical (unpaired) electrons. The van der Waals surface area contributed by atoms with Crippen LogP contribution in [0, 0.1) is 0 Å². The second-order valence-electron chi connectivity index (χ2n) is 5.58. The summed E-state index contributed by atoms with van der Waals surface area (Å²) in [6.07, 6.45) is 0.741. The minimum Gasteiger partial charge on any atom is -0.369 e. The van der Waals surface area contributed by atoms with E-state index in [1.807, 2.05) is 4.90 Å². The summed E-state index contributed by atoms with van der Waals surface area (Å²) in [5.74, 6) is -0.386. The van der Waals surface area contributed by atoms with Crippen LogP contribution in [0.3, 0.4) is 0 Å². The van der Waals surface area contributed by atoms with Gasteiger partial charge < -0.3 is 16.0 Å². The highest BCUT2D eigenvalue weighted by molar-refractivity contribution is 7.89. The molecule has 2 rings (SSSR count). The number of nitrogens with one attached hydrogen (secondary N) is 1. The van der Waals surface area contributed by atoms with Crippen molar-refractivity contribution in [1.29, 1.82) is 0 Å². The van der Waals surface area contributed by atoms with Gasteiger partial charge in [0.1, 0.15) is 0 Å². The number of amides is 3. The summed E-state index contributed by atoms with van der Waals surface area (Å²) >= 11 is 0. The molecule has 5 N–H and O–H groups in total. The molecule has 1 aliphatic heterocycles. The molecule has 0 bridgehead atoms. The highest BCUT2D eigenvalue weighted by Crippen LogP contribution is 2.14. The maximum atomic E-state index is 12.3. The van der Waals surface area contributed by atoms with Crippen LogP contribution in [-0.2, 0) is 14.8 Å². The first kappa shape index (κ1) is 18.2. The molecule has 132 valence electrons. The van der Waals surface area contributed by atoms with Gasteiger partial charge in [0.05, 0.1) is 11.4 Å². The molecule has 9 nitrogen and oxygen atoms in total. The van der Waals surface area contributed by atoms with Gasteiger partial charge in [-0.25, -0.2) is 18.4 Å². The Hall–Kier alpha value is -2.17. The summed E-state index contributed by atoms with van der Waals surface area (Å²) in [5, 5.41) is 7.74. The van der Waals surface area contributed by atoms with Gasteiger partial charge >= 0.3 is 6.03 Å². The molecule has 0 saturated carbocycles. The van der Waals surface area contributed by atoms with Gasteiger partial charge in [-0.2, -0.15) is 0 Å². The number of nitrogens with two attached hydrogens (primary N) is 2. The topological polar surface area (TPSA) is 139 Å². The van der Waals surface area contributed by atoms with E-state index < -0.39 is 10.0 Å². The highest BCUT2D eigenvalue weighted by atomic mass is 32.2. The number of sulfonamides is 1. The number of carbonyl (C=O) groups excluding carboxylic acids is 2. The number of hydrogen-bond acceptors (Lipinski definition) is 5. The van der Waals surface area contributed by atoms with Crippen LogP contribution in [0.5, 0.6) is 0 Å². The van der Waals surface area contributed by atoms with Crippen LogP contribution in [0.4, 0.5) is 10.5 Å². The fraction of sp³-hybridized carbons (Fsp3) is 0.429. The first-order chi connectivity index (χ1) is 11.3.